The van der Waals surface area contributed by atoms with Gasteiger partial charge in [0.2, 0.25) is 0 Å². The SMILES string of the molecule is COC(C)(C)CNC(C)c1ccc(OC(F)F)cc1. The monoisotopic (exact) mass is 273 g/mol. The van der Waals surface area contributed by atoms with Gasteiger partial charge in [-0.15, -0.1) is 0 Å². The molecular formula is C14H21F2NO2. The molecule has 0 aliphatic heterocycles. The second-order valence-electron chi connectivity index (χ2n) is 5.01. The highest BCUT2D eigenvalue weighted by atomic mass is 19.3. The fourth-order valence-electron chi connectivity index (χ4n) is 1.53. The zero-order valence-corrected chi connectivity index (χ0v) is 11.7. The molecule has 19 heavy (non-hydrogen) atoms. The summed E-state index contributed by atoms with van der Waals surface area (Å²) in [6.45, 7) is 3.90. The predicted molar refractivity (Wildman–Crippen MR) is 70.6 cm³/mol. The van der Waals surface area contributed by atoms with Crippen LogP contribution in [0.25, 0.3) is 0 Å². The molecule has 1 unspecified atom stereocenters. The van der Waals surface area contributed by atoms with E-state index in [4.69, 9.17) is 4.74 Å². The Morgan fingerprint density at radius 2 is 1.79 bits per heavy atom. The van der Waals surface area contributed by atoms with Crippen LogP contribution in [-0.2, 0) is 4.74 Å². The Morgan fingerprint density at radius 3 is 2.26 bits per heavy atom. The maximum absolute atomic E-state index is 12.0. The summed E-state index contributed by atoms with van der Waals surface area (Å²) in [4.78, 5) is 0. The Kier molecular flexibility index (Phi) is 5.69. The maximum atomic E-state index is 12.0. The van der Waals surface area contributed by atoms with Gasteiger partial charge in [0.25, 0.3) is 0 Å². The normalized spacial score (nSPS) is 13.6. The first kappa shape index (κ1) is 15.9. The van der Waals surface area contributed by atoms with Crippen molar-refractivity contribution in [1.82, 2.24) is 5.32 Å². The molecule has 1 aromatic rings. The van der Waals surface area contributed by atoms with Crippen molar-refractivity contribution in [2.75, 3.05) is 13.7 Å². The number of alkyl halides is 2. The third kappa shape index (κ3) is 5.53. The molecule has 0 spiro atoms. The van der Waals surface area contributed by atoms with Crippen LogP contribution >= 0.6 is 0 Å². The lowest BCUT2D eigenvalue weighted by Crippen LogP contribution is -2.37. The summed E-state index contributed by atoms with van der Waals surface area (Å²) in [5, 5.41) is 3.34. The Morgan fingerprint density at radius 1 is 1.21 bits per heavy atom. The van der Waals surface area contributed by atoms with E-state index in [1.165, 1.54) is 0 Å². The van der Waals surface area contributed by atoms with Crippen LogP contribution in [0.15, 0.2) is 24.3 Å². The van der Waals surface area contributed by atoms with Crippen LogP contribution in [0, 0.1) is 0 Å². The van der Waals surface area contributed by atoms with Crippen molar-refractivity contribution < 1.29 is 18.3 Å². The summed E-state index contributed by atoms with van der Waals surface area (Å²) in [5.41, 5.74) is 0.765. The van der Waals surface area contributed by atoms with E-state index in [0.29, 0.717) is 6.54 Å². The summed E-state index contributed by atoms with van der Waals surface area (Å²) >= 11 is 0. The van der Waals surface area contributed by atoms with E-state index in [1.807, 2.05) is 20.8 Å². The van der Waals surface area contributed by atoms with E-state index in [-0.39, 0.29) is 17.4 Å². The minimum Gasteiger partial charge on any atom is -0.435 e. The average Bonchev–Trinajstić information content (AvgIpc) is 2.36. The fourth-order valence-corrected chi connectivity index (χ4v) is 1.53. The maximum Gasteiger partial charge on any atom is 0.387 e. The quantitative estimate of drug-likeness (QED) is 0.826. The molecule has 1 aromatic carbocycles. The van der Waals surface area contributed by atoms with Crippen LogP contribution < -0.4 is 10.1 Å². The van der Waals surface area contributed by atoms with Gasteiger partial charge in [-0.3, -0.25) is 0 Å². The lowest BCUT2D eigenvalue weighted by atomic mass is 10.1. The molecule has 0 aliphatic carbocycles. The van der Waals surface area contributed by atoms with Crippen molar-refractivity contribution in [2.24, 2.45) is 0 Å². The molecule has 108 valence electrons. The summed E-state index contributed by atoms with van der Waals surface area (Å²) in [6.07, 6.45) is 0. The summed E-state index contributed by atoms with van der Waals surface area (Å²) in [5.74, 6) is 0.170. The molecule has 0 amide bonds. The van der Waals surface area contributed by atoms with Crippen LogP contribution in [0.2, 0.25) is 0 Å². The molecule has 0 radical (unpaired) electrons. The Labute approximate surface area is 112 Å². The largest absolute Gasteiger partial charge is 0.435 e. The van der Waals surface area contributed by atoms with Gasteiger partial charge in [-0.05, 0) is 38.5 Å². The fraction of sp³-hybridized carbons (Fsp3) is 0.571. The van der Waals surface area contributed by atoms with Gasteiger partial charge in [-0.25, -0.2) is 0 Å². The molecule has 0 aromatic heterocycles. The van der Waals surface area contributed by atoms with Crippen molar-refractivity contribution in [3.05, 3.63) is 29.8 Å². The number of ether oxygens (including phenoxy) is 2. The Balaban J connectivity index is 2.55. The number of halogens is 2. The number of methoxy groups -OCH3 is 1. The zero-order chi connectivity index (χ0) is 14.5. The number of rotatable bonds is 7. The second kappa shape index (κ2) is 6.82. The van der Waals surface area contributed by atoms with Gasteiger partial charge in [0.05, 0.1) is 5.60 Å². The minimum atomic E-state index is -2.79. The van der Waals surface area contributed by atoms with Crippen LogP contribution in [0.5, 0.6) is 5.75 Å². The van der Waals surface area contributed by atoms with Crippen molar-refractivity contribution in [3.63, 3.8) is 0 Å². The molecule has 0 bridgehead atoms. The molecule has 1 N–H and O–H groups in total. The topological polar surface area (TPSA) is 30.5 Å². The minimum absolute atomic E-state index is 0.107. The van der Waals surface area contributed by atoms with Gasteiger partial charge in [-0.2, -0.15) is 8.78 Å². The summed E-state index contributed by atoms with van der Waals surface area (Å²) in [6, 6.07) is 6.74. The number of benzene rings is 1. The third-order valence-electron chi connectivity index (χ3n) is 2.99. The number of nitrogens with one attached hydrogen (secondary N) is 1. The van der Waals surface area contributed by atoms with Crippen LogP contribution in [0.3, 0.4) is 0 Å². The highest BCUT2D eigenvalue weighted by molar-refractivity contribution is 5.28. The molecule has 1 rings (SSSR count). The first-order valence-electron chi connectivity index (χ1n) is 6.17. The predicted octanol–water partition coefficient (Wildman–Crippen LogP) is 3.36. The van der Waals surface area contributed by atoms with Crippen molar-refractivity contribution >= 4 is 0 Å². The third-order valence-corrected chi connectivity index (χ3v) is 2.99. The molecular weight excluding hydrogens is 252 g/mol. The van der Waals surface area contributed by atoms with Crippen molar-refractivity contribution in [1.29, 1.82) is 0 Å². The van der Waals surface area contributed by atoms with Gasteiger partial charge in [0.1, 0.15) is 5.75 Å². The van der Waals surface area contributed by atoms with E-state index in [1.54, 1.807) is 31.4 Å². The standard InChI is InChI=1S/C14H21F2NO2/c1-10(17-9-14(2,3)18-4)11-5-7-12(8-6-11)19-13(15)16/h5-8,10,13,17H,9H2,1-4H3. The summed E-state index contributed by atoms with van der Waals surface area (Å²) < 4.78 is 33.7. The number of hydrogen-bond acceptors (Lipinski definition) is 3. The lowest BCUT2D eigenvalue weighted by molar-refractivity contribution is -0.0498. The molecule has 1 atom stereocenters. The van der Waals surface area contributed by atoms with Gasteiger partial charge >= 0.3 is 6.61 Å². The van der Waals surface area contributed by atoms with Crippen LogP contribution in [-0.4, -0.2) is 25.9 Å². The second-order valence-corrected chi connectivity index (χ2v) is 5.01. The molecule has 3 nitrogen and oxygen atoms in total. The number of hydrogen-bond donors (Lipinski definition) is 1. The molecule has 0 saturated carbocycles. The Hall–Kier alpha value is -1.20. The molecule has 0 heterocycles. The van der Waals surface area contributed by atoms with Gasteiger partial charge in [-0.1, -0.05) is 12.1 Å². The van der Waals surface area contributed by atoms with Crippen molar-refractivity contribution in [2.45, 2.75) is 39.0 Å². The first-order valence-corrected chi connectivity index (χ1v) is 6.17. The lowest BCUT2D eigenvalue weighted by Gasteiger charge is -2.26. The van der Waals surface area contributed by atoms with Gasteiger partial charge in [0.15, 0.2) is 0 Å². The van der Waals surface area contributed by atoms with Gasteiger partial charge in [0, 0.05) is 19.7 Å². The van der Waals surface area contributed by atoms with Crippen LogP contribution in [0.4, 0.5) is 8.78 Å². The molecule has 0 aliphatic rings. The highest BCUT2D eigenvalue weighted by Crippen LogP contribution is 2.19. The molecule has 0 saturated heterocycles. The van der Waals surface area contributed by atoms with Crippen LogP contribution in [0.1, 0.15) is 32.4 Å². The first-order chi connectivity index (χ1) is 8.84. The van der Waals surface area contributed by atoms with Crippen molar-refractivity contribution in [3.8, 4) is 5.75 Å². The molecule has 5 heteroatoms. The zero-order valence-electron chi connectivity index (χ0n) is 11.7. The van der Waals surface area contributed by atoms with E-state index in [9.17, 15) is 8.78 Å². The average molecular weight is 273 g/mol. The smallest absolute Gasteiger partial charge is 0.387 e. The highest BCUT2D eigenvalue weighted by Gasteiger charge is 2.17. The van der Waals surface area contributed by atoms with E-state index in [2.05, 4.69) is 10.1 Å². The molecule has 0 fully saturated rings. The summed E-state index contributed by atoms with van der Waals surface area (Å²) in [7, 11) is 1.67. The van der Waals surface area contributed by atoms with E-state index in [0.717, 1.165) is 5.56 Å². The van der Waals surface area contributed by atoms with E-state index < -0.39 is 6.61 Å². The van der Waals surface area contributed by atoms with E-state index >= 15 is 0 Å². The Bertz CT molecular complexity index is 380. The van der Waals surface area contributed by atoms with Gasteiger partial charge < -0.3 is 14.8 Å².